The van der Waals surface area contributed by atoms with Gasteiger partial charge in [-0.05, 0) is 62.6 Å². The van der Waals surface area contributed by atoms with Gasteiger partial charge in [0.1, 0.15) is 18.3 Å². The summed E-state index contributed by atoms with van der Waals surface area (Å²) >= 11 is 6.21. The van der Waals surface area contributed by atoms with E-state index >= 15 is 0 Å². The van der Waals surface area contributed by atoms with Gasteiger partial charge in [-0.3, -0.25) is 13.9 Å². The molecule has 0 saturated heterocycles. The lowest BCUT2D eigenvalue weighted by atomic mass is 10.00. The minimum absolute atomic E-state index is 0.102. The van der Waals surface area contributed by atoms with E-state index in [-0.39, 0.29) is 35.3 Å². The quantitative estimate of drug-likeness (QED) is 0.335. The number of benzene rings is 3. The van der Waals surface area contributed by atoms with E-state index in [1.165, 1.54) is 18.1 Å². The molecule has 0 saturated carbocycles. The number of nitrogens with zero attached hydrogens (tertiary/aromatic N) is 2. The molecule has 10 heteroatoms. The highest BCUT2D eigenvalue weighted by atomic mass is 35.5. The van der Waals surface area contributed by atoms with Crippen molar-refractivity contribution in [1.29, 1.82) is 0 Å². The Morgan fingerprint density at radius 1 is 1.00 bits per heavy atom. The number of hydrogen-bond donors (Lipinski definition) is 1. The number of nitrogens with one attached hydrogen (secondary N) is 1. The number of aryl methyl sites for hydroxylation is 1. The highest BCUT2D eigenvalue weighted by molar-refractivity contribution is 7.92. The van der Waals surface area contributed by atoms with Crippen LogP contribution < -0.4 is 14.4 Å². The Bertz CT molecular complexity index is 1470. The fourth-order valence-corrected chi connectivity index (χ4v) is 5.44. The van der Waals surface area contributed by atoms with Gasteiger partial charge in [0, 0.05) is 23.5 Å². The fraction of sp³-hybridized carbons (Fsp3) is 0.355. The number of carbonyl (C=O) groups is 2. The maximum absolute atomic E-state index is 14.2. The topological polar surface area (TPSA) is 96.0 Å². The summed E-state index contributed by atoms with van der Waals surface area (Å²) in [6.07, 6.45) is 1.25. The molecule has 3 rings (SSSR count). The van der Waals surface area contributed by atoms with E-state index in [1.54, 1.807) is 12.1 Å². The van der Waals surface area contributed by atoms with Crippen molar-refractivity contribution in [3.63, 3.8) is 0 Å². The predicted molar refractivity (Wildman–Crippen MR) is 164 cm³/mol. The van der Waals surface area contributed by atoms with E-state index in [0.717, 1.165) is 27.3 Å². The molecule has 0 aliphatic rings. The van der Waals surface area contributed by atoms with E-state index < -0.39 is 34.1 Å². The van der Waals surface area contributed by atoms with E-state index in [0.29, 0.717) is 0 Å². The first-order valence-electron chi connectivity index (χ1n) is 13.2. The van der Waals surface area contributed by atoms with Crippen LogP contribution in [0.25, 0.3) is 0 Å². The fourth-order valence-electron chi connectivity index (χ4n) is 4.43. The molecule has 1 atom stereocenters. The summed E-state index contributed by atoms with van der Waals surface area (Å²) in [6, 6.07) is 20.6. The van der Waals surface area contributed by atoms with Gasteiger partial charge in [-0.2, -0.15) is 0 Å². The lowest BCUT2D eigenvalue weighted by molar-refractivity contribution is -0.140. The zero-order valence-corrected chi connectivity index (χ0v) is 25.9. The molecule has 0 heterocycles. The molecule has 0 fully saturated rings. The van der Waals surface area contributed by atoms with E-state index in [4.69, 9.17) is 16.3 Å². The standard InChI is InChI=1S/C31H38ClN3O5S/c1-22-12-10-11-15-24(22)20-34(27(30(37)33-31(2,3)4)18-23-13-8-7-9-14-23)29(36)21-35(41(6,38)39)26-19-25(32)16-17-28(26)40-5/h7-17,19,27H,18,20-21H2,1-6H3,(H,33,37). The molecule has 3 aromatic carbocycles. The van der Waals surface area contributed by atoms with Crippen LogP contribution in [0.5, 0.6) is 5.75 Å². The predicted octanol–water partition coefficient (Wildman–Crippen LogP) is 4.98. The Balaban J connectivity index is 2.13. The summed E-state index contributed by atoms with van der Waals surface area (Å²) in [5.74, 6) is -0.649. The second-order valence-corrected chi connectivity index (χ2v) is 13.3. The van der Waals surface area contributed by atoms with Crippen molar-refractivity contribution >= 4 is 39.1 Å². The maximum Gasteiger partial charge on any atom is 0.244 e. The van der Waals surface area contributed by atoms with Crippen molar-refractivity contribution in [3.05, 3.63) is 94.5 Å². The molecule has 0 bridgehead atoms. The minimum atomic E-state index is -3.96. The molecule has 1 N–H and O–H groups in total. The van der Waals surface area contributed by atoms with Crippen LogP contribution in [0.15, 0.2) is 72.8 Å². The number of hydrogen-bond acceptors (Lipinski definition) is 5. The average Bonchev–Trinajstić information content (AvgIpc) is 2.89. The van der Waals surface area contributed by atoms with Gasteiger partial charge in [0.2, 0.25) is 21.8 Å². The first-order valence-corrected chi connectivity index (χ1v) is 15.4. The van der Waals surface area contributed by atoms with E-state index in [1.807, 2.05) is 82.3 Å². The van der Waals surface area contributed by atoms with Gasteiger partial charge in [-0.15, -0.1) is 0 Å². The Labute approximate surface area is 248 Å². The maximum atomic E-state index is 14.2. The Morgan fingerprint density at radius 3 is 2.22 bits per heavy atom. The van der Waals surface area contributed by atoms with Crippen molar-refractivity contribution in [3.8, 4) is 5.75 Å². The van der Waals surface area contributed by atoms with E-state index in [2.05, 4.69) is 5.32 Å². The zero-order chi connectivity index (χ0) is 30.4. The third-order valence-corrected chi connectivity index (χ3v) is 7.82. The van der Waals surface area contributed by atoms with E-state index in [9.17, 15) is 18.0 Å². The lowest BCUT2D eigenvalue weighted by Crippen LogP contribution is -2.56. The molecule has 0 spiro atoms. The van der Waals surface area contributed by atoms with Crippen molar-refractivity contribution < 1.29 is 22.7 Å². The molecule has 1 unspecified atom stereocenters. The highest BCUT2D eigenvalue weighted by Gasteiger charge is 2.35. The summed E-state index contributed by atoms with van der Waals surface area (Å²) in [4.78, 5) is 29.5. The van der Waals surface area contributed by atoms with Gasteiger partial charge in [-0.1, -0.05) is 66.2 Å². The summed E-state index contributed by atoms with van der Waals surface area (Å²) in [5.41, 5.74) is 2.22. The molecule has 0 radical (unpaired) electrons. The monoisotopic (exact) mass is 599 g/mol. The van der Waals surface area contributed by atoms with Gasteiger partial charge in [0.25, 0.3) is 0 Å². The number of carbonyl (C=O) groups excluding carboxylic acids is 2. The molecule has 8 nitrogen and oxygen atoms in total. The largest absolute Gasteiger partial charge is 0.495 e. The van der Waals surface area contributed by atoms with Crippen molar-refractivity contribution in [2.75, 3.05) is 24.2 Å². The van der Waals surface area contributed by atoms with Crippen LogP contribution in [0.4, 0.5) is 5.69 Å². The Hall–Kier alpha value is -3.56. The smallest absolute Gasteiger partial charge is 0.244 e. The zero-order valence-electron chi connectivity index (χ0n) is 24.3. The molecular formula is C31H38ClN3O5S. The lowest BCUT2D eigenvalue weighted by Gasteiger charge is -2.35. The molecule has 2 amide bonds. The summed E-state index contributed by atoms with van der Waals surface area (Å²) < 4.78 is 32.4. The van der Waals surface area contributed by atoms with Gasteiger partial charge >= 0.3 is 0 Å². The van der Waals surface area contributed by atoms with Crippen LogP contribution in [0, 0.1) is 6.92 Å². The second kappa shape index (κ2) is 13.4. The molecule has 0 aromatic heterocycles. The molecular weight excluding hydrogens is 562 g/mol. The third kappa shape index (κ3) is 8.96. The number of amides is 2. The SMILES string of the molecule is COc1ccc(Cl)cc1N(CC(=O)N(Cc1ccccc1C)C(Cc1ccccc1)C(=O)NC(C)(C)C)S(C)(=O)=O. The number of methoxy groups -OCH3 is 1. The number of anilines is 1. The van der Waals surface area contributed by atoms with Crippen molar-refractivity contribution in [2.45, 2.75) is 52.2 Å². The first-order chi connectivity index (χ1) is 19.2. The third-order valence-electron chi connectivity index (χ3n) is 6.46. The molecule has 220 valence electrons. The number of rotatable bonds is 11. The van der Waals surface area contributed by atoms with Crippen molar-refractivity contribution in [2.24, 2.45) is 0 Å². The molecule has 0 aliphatic heterocycles. The second-order valence-electron chi connectivity index (χ2n) is 11.0. The van der Waals surface area contributed by atoms with Crippen LogP contribution in [-0.4, -0.2) is 56.6 Å². The van der Waals surface area contributed by atoms with Gasteiger partial charge in [-0.25, -0.2) is 8.42 Å². The molecule has 3 aromatic rings. The number of sulfonamides is 1. The average molecular weight is 600 g/mol. The van der Waals surface area contributed by atoms with Crippen LogP contribution in [0.1, 0.15) is 37.5 Å². The first kappa shape index (κ1) is 32.0. The Morgan fingerprint density at radius 2 is 1.63 bits per heavy atom. The van der Waals surface area contributed by atoms with Crippen molar-refractivity contribution in [1.82, 2.24) is 10.2 Å². The minimum Gasteiger partial charge on any atom is -0.495 e. The van der Waals surface area contributed by atoms with Crippen LogP contribution in [0.2, 0.25) is 5.02 Å². The van der Waals surface area contributed by atoms with Crippen LogP contribution in [-0.2, 0) is 32.6 Å². The number of ether oxygens (including phenoxy) is 1. The molecule has 41 heavy (non-hydrogen) atoms. The van der Waals surface area contributed by atoms with Crippen LogP contribution in [0.3, 0.4) is 0 Å². The summed E-state index contributed by atoms with van der Waals surface area (Å²) in [6.45, 7) is 7.08. The molecule has 0 aliphatic carbocycles. The van der Waals surface area contributed by atoms with Gasteiger partial charge < -0.3 is 15.0 Å². The normalized spacial score (nSPS) is 12.4. The number of halogens is 1. The van der Waals surface area contributed by atoms with Gasteiger partial charge in [0.15, 0.2) is 0 Å². The summed E-state index contributed by atoms with van der Waals surface area (Å²) in [5, 5.41) is 3.30. The summed E-state index contributed by atoms with van der Waals surface area (Å²) in [7, 11) is -2.55. The van der Waals surface area contributed by atoms with Crippen LogP contribution >= 0.6 is 11.6 Å². The Kier molecular flexibility index (Phi) is 10.4. The van der Waals surface area contributed by atoms with Gasteiger partial charge in [0.05, 0.1) is 19.1 Å². The highest BCUT2D eigenvalue weighted by Crippen LogP contribution is 2.33.